The van der Waals surface area contributed by atoms with Crippen LogP contribution in [0.3, 0.4) is 0 Å². The largest absolute Gasteiger partial charge is 0.493 e. The molecule has 3 N–H and O–H groups in total. The molecule has 0 aromatic heterocycles. The topological polar surface area (TPSA) is 97.9 Å². The van der Waals surface area contributed by atoms with Crippen LogP contribution in [0.5, 0.6) is 17.2 Å². The van der Waals surface area contributed by atoms with E-state index in [1.807, 2.05) is 18.2 Å². The highest BCUT2D eigenvalue weighted by molar-refractivity contribution is 9.10. The summed E-state index contributed by atoms with van der Waals surface area (Å²) in [6.45, 7) is 0. The molecule has 0 atom stereocenters. The summed E-state index contributed by atoms with van der Waals surface area (Å²) in [5.41, 5.74) is 1.85. The molecule has 176 valence electrons. The first-order valence-electron chi connectivity index (χ1n) is 9.94. The number of methoxy groups -OCH3 is 3. The first-order valence-corrected chi connectivity index (χ1v) is 11.1. The smallest absolute Gasteiger partial charge is 0.257 e. The molecule has 0 aliphatic heterocycles. The molecule has 8 nitrogen and oxygen atoms in total. The molecular weight excluding hydrogens is 522 g/mol. The molecule has 0 heterocycles. The molecule has 0 fully saturated rings. The van der Waals surface area contributed by atoms with Crippen molar-refractivity contribution >= 4 is 56.4 Å². The molecule has 0 aliphatic carbocycles. The SMILES string of the molecule is COc1cc(C(=O)NC(=S)Nc2cc(Br)cc(C(=O)Nc3ccccc3)c2)cc(OC)c1OC. The van der Waals surface area contributed by atoms with Gasteiger partial charge < -0.3 is 24.8 Å². The van der Waals surface area contributed by atoms with Crippen LogP contribution in [0.1, 0.15) is 20.7 Å². The van der Waals surface area contributed by atoms with Crippen LogP contribution in [0.15, 0.2) is 65.1 Å². The number of hydrogen-bond acceptors (Lipinski definition) is 6. The molecule has 0 aliphatic rings. The molecule has 0 saturated heterocycles. The van der Waals surface area contributed by atoms with E-state index in [1.165, 1.54) is 33.5 Å². The van der Waals surface area contributed by atoms with E-state index < -0.39 is 5.91 Å². The standard InChI is InChI=1S/C24H22BrN3O5S/c1-31-19-11-15(12-20(32-2)21(19)33-3)23(30)28-24(34)27-18-10-14(9-16(25)13-18)22(29)26-17-7-5-4-6-8-17/h4-13H,1-3H3,(H,26,29)(H2,27,28,30,34). The van der Waals surface area contributed by atoms with Gasteiger partial charge in [-0.2, -0.15) is 0 Å². The Hall–Kier alpha value is -3.63. The average Bonchev–Trinajstić information content (AvgIpc) is 2.83. The molecule has 3 aromatic carbocycles. The Morgan fingerprint density at radius 1 is 0.765 bits per heavy atom. The molecule has 0 radical (unpaired) electrons. The van der Waals surface area contributed by atoms with Gasteiger partial charge in [-0.15, -0.1) is 0 Å². The van der Waals surface area contributed by atoms with E-state index in [1.54, 1.807) is 30.3 Å². The molecule has 0 saturated carbocycles. The number of hydrogen-bond donors (Lipinski definition) is 3. The maximum Gasteiger partial charge on any atom is 0.257 e. The molecule has 0 unspecified atom stereocenters. The van der Waals surface area contributed by atoms with E-state index >= 15 is 0 Å². The van der Waals surface area contributed by atoms with Gasteiger partial charge in [0.15, 0.2) is 16.6 Å². The zero-order valence-electron chi connectivity index (χ0n) is 18.6. The molecule has 3 rings (SSSR count). The minimum absolute atomic E-state index is 0.0475. The van der Waals surface area contributed by atoms with Gasteiger partial charge >= 0.3 is 0 Å². The van der Waals surface area contributed by atoms with Crippen LogP contribution < -0.4 is 30.2 Å². The lowest BCUT2D eigenvalue weighted by Gasteiger charge is -2.15. The van der Waals surface area contributed by atoms with Gasteiger partial charge in [-0.25, -0.2) is 0 Å². The number of amides is 2. The fourth-order valence-electron chi connectivity index (χ4n) is 3.07. The molecule has 10 heteroatoms. The Bertz CT molecular complexity index is 1200. The summed E-state index contributed by atoms with van der Waals surface area (Å²) in [7, 11) is 4.40. The van der Waals surface area contributed by atoms with Crippen molar-refractivity contribution in [3.05, 3.63) is 76.3 Å². The van der Waals surface area contributed by atoms with Crippen molar-refractivity contribution in [2.24, 2.45) is 0 Å². The minimum atomic E-state index is -0.478. The van der Waals surface area contributed by atoms with Crippen molar-refractivity contribution in [1.82, 2.24) is 5.32 Å². The van der Waals surface area contributed by atoms with Crippen LogP contribution in [0.25, 0.3) is 0 Å². The second-order valence-electron chi connectivity index (χ2n) is 6.87. The third kappa shape index (κ3) is 6.24. The number of ether oxygens (including phenoxy) is 3. The van der Waals surface area contributed by atoms with Crippen LogP contribution in [-0.4, -0.2) is 38.3 Å². The summed E-state index contributed by atoms with van der Waals surface area (Å²) in [6, 6.07) is 17.2. The minimum Gasteiger partial charge on any atom is -0.493 e. The third-order valence-electron chi connectivity index (χ3n) is 4.60. The number of para-hydroxylation sites is 1. The fraction of sp³-hybridized carbons (Fsp3) is 0.125. The fourth-order valence-corrected chi connectivity index (χ4v) is 3.77. The van der Waals surface area contributed by atoms with E-state index in [2.05, 4.69) is 31.9 Å². The average molecular weight is 544 g/mol. The van der Waals surface area contributed by atoms with Crippen molar-refractivity contribution < 1.29 is 23.8 Å². The lowest BCUT2D eigenvalue weighted by Crippen LogP contribution is -2.34. The highest BCUT2D eigenvalue weighted by Crippen LogP contribution is 2.38. The Kier molecular flexibility index (Phi) is 8.44. The van der Waals surface area contributed by atoms with Crippen molar-refractivity contribution in [2.75, 3.05) is 32.0 Å². The number of nitrogens with one attached hydrogen (secondary N) is 3. The third-order valence-corrected chi connectivity index (χ3v) is 5.27. The number of rotatable bonds is 7. The normalized spacial score (nSPS) is 10.1. The van der Waals surface area contributed by atoms with E-state index in [-0.39, 0.29) is 16.6 Å². The van der Waals surface area contributed by atoms with Crippen molar-refractivity contribution in [3.8, 4) is 17.2 Å². The Morgan fingerprint density at radius 2 is 1.38 bits per heavy atom. The van der Waals surface area contributed by atoms with E-state index in [0.29, 0.717) is 38.7 Å². The summed E-state index contributed by atoms with van der Waals surface area (Å²) in [4.78, 5) is 25.4. The van der Waals surface area contributed by atoms with Gasteiger partial charge in [0.2, 0.25) is 5.75 Å². The molecular formula is C24H22BrN3O5S. The van der Waals surface area contributed by atoms with E-state index in [9.17, 15) is 9.59 Å². The molecule has 0 bridgehead atoms. The second kappa shape index (κ2) is 11.5. The van der Waals surface area contributed by atoms with Crippen molar-refractivity contribution in [1.29, 1.82) is 0 Å². The quantitative estimate of drug-likeness (QED) is 0.366. The highest BCUT2D eigenvalue weighted by Gasteiger charge is 2.18. The Morgan fingerprint density at radius 3 is 1.97 bits per heavy atom. The van der Waals surface area contributed by atoms with Gasteiger partial charge in [-0.05, 0) is 54.7 Å². The van der Waals surface area contributed by atoms with Crippen LogP contribution in [0.2, 0.25) is 0 Å². The Balaban J connectivity index is 1.72. The van der Waals surface area contributed by atoms with Gasteiger partial charge in [-0.1, -0.05) is 34.1 Å². The van der Waals surface area contributed by atoms with Gasteiger partial charge in [0.25, 0.3) is 11.8 Å². The summed E-state index contributed by atoms with van der Waals surface area (Å²) in [5, 5.41) is 8.41. The van der Waals surface area contributed by atoms with Crippen LogP contribution >= 0.6 is 28.1 Å². The predicted molar refractivity (Wildman–Crippen MR) is 138 cm³/mol. The van der Waals surface area contributed by atoms with Gasteiger partial charge in [0.05, 0.1) is 21.3 Å². The van der Waals surface area contributed by atoms with Gasteiger partial charge in [0, 0.05) is 27.0 Å². The maximum atomic E-state index is 12.8. The van der Waals surface area contributed by atoms with Crippen molar-refractivity contribution in [3.63, 3.8) is 0 Å². The van der Waals surface area contributed by atoms with Gasteiger partial charge in [-0.3, -0.25) is 14.9 Å². The second-order valence-corrected chi connectivity index (χ2v) is 8.19. The number of halogens is 1. The van der Waals surface area contributed by atoms with Crippen molar-refractivity contribution in [2.45, 2.75) is 0 Å². The maximum absolute atomic E-state index is 12.8. The van der Waals surface area contributed by atoms with E-state index in [4.69, 9.17) is 26.4 Å². The Labute approximate surface area is 210 Å². The predicted octanol–water partition coefficient (Wildman–Crippen LogP) is 4.85. The summed E-state index contributed by atoms with van der Waals surface area (Å²) in [5.74, 6) is 0.285. The highest BCUT2D eigenvalue weighted by atomic mass is 79.9. The number of benzene rings is 3. The number of carbonyl (C=O) groups is 2. The molecule has 3 aromatic rings. The number of anilines is 2. The van der Waals surface area contributed by atoms with E-state index in [0.717, 1.165) is 0 Å². The molecule has 2 amide bonds. The number of carbonyl (C=O) groups excluding carboxylic acids is 2. The first-order chi connectivity index (χ1) is 16.3. The lowest BCUT2D eigenvalue weighted by molar-refractivity contribution is 0.0975. The van der Waals surface area contributed by atoms with Crippen LogP contribution in [0.4, 0.5) is 11.4 Å². The summed E-state index contributed by atoms with van der Waals surface area (Å²) >= 11 is 8.69. The monoisotopic (exact) mass is 543 g/mol. The van der Waals surface area contributed by atoms with Crippen LogP contribution in [0, 0.1) is 0 Å². The molecule has 34 heavy (non-hydrogen) atoms. The van der Waals surface area contributed by atoms with Crippen LogP contribution in [-0.2, 0) is 0 Å². The van der Waals surface area contributed by atoms with Gasteiger partial charge in [0.1, 0.15) is 0 Å². The summed E-state index contributed by atoms with van der Waals surface area (Å²) in [6.07, 6.45) is 0. The zero-order valence-corrected chi connectivity index (χ0v) is 21.0. The number of thiocarbonyl (C=S) groups is 1. The zero-order chi connectivity index (χ0) is 24.7. The first kappa shape index (κ1) is 25.0. The lowest BCUT2D eigenvalue weighted by atomic mass is 10.1. The molecule has 0 spiro atoms. The summed E-state index contributed by atoms with van der Waals surface area (Å²) < 4.78 is 16.5.